The van der Waals surface area contributed by atoms with E-state index >= 15 is 0 Å². The van der Waals surface area contributed by atoms with E-state index in [0.29, 0.717) is 13.0 Å². The molecule has 0 bridgehead atoms. The van der Waals surface area contributed by atoms with Gasteiger partial charge in [-0.1, -0.05) is 36.9 Å². The van der Waals surface area contributed by atoms with Crippen LogP contribution in [0.1, 0.15) is 18.9 Å². The van der Waals surface area contributed by atoms with Crippen molar-refractivity contribution in [3.63, 3.8) is 0 Å². The zero-order valence-corrected chi connectivity index (χ0v) is 11.3. The van der Waals surface area contributed by atoms with Crippen LogP contribution in [0.4, 0.5) is 0 Å². The van der Waals surface area contributed by atoms with Gasteiger partial charge in [0.25, 0.3) is 0 Å². The van der Waals surface area contributed by atoms with Crippen LogP contribution in [-0.2, 0) is 11.2 Å². The van der Waals surface area contributed by atoms with Crippen molar-refractivity contribution in [1.29, 1.82) is 0 Å². The molecular formula is C16H21NO2. The minimum atomic E-state index is -0.421. The number of nitrogens with two attached hydrogens (primary N) is 1. The largest absolute Gasteiger partial charge is 0.493 e. The molecule has 19 heavy (non-hydrogen) atoms. The summed E-state index contributed by atoms with van der Waals surface area (Å²) in [6.45, 7) is 5.75. The number of benzene rings is 1. The van der Waals surface area contributed by atoms with Crippen molar-refractivity contribution in [1.82, 2.24) is 0 Å². The molecule has 0 heterocycles. The van der Waals surface area contributed by atoms with Gasteiger partial charge in [-0.05, 0) is 37.5 Å². The lowest BCUT2D eigenvalue weighted by Crippen LogP contribution is -2.30. The van der Waals surface area contributed by atoms with Crippen molar-refractivity contribution >= 4 is 5.78 Å². The number of ether oxygens (including phenoxy) is 1. The fraction of sp³-hybridized carbons (Fsp3) is 0.312. The summed E-state index contributed by atoms with van der Waals surface area (Å²) in [6, 6.07) is 7.27. The van der Waals surface area contributed by atoms with Gasteiger partial charge in [0.15, 0.2) is 0 Å². The Bertz CT molecular complexity index is 435. The summed E-state index contributed by atoms with van der Waals surface area (Å²) in [5, 5.41) is 0. The molecule has 102 valence electrons. The number of allylic oxidation sites excluding steroid dienone is 2. The van der Waals surface area contributed by atoms with E-state index in [2.05, 4.69) is 6.58 Å². The molecule has 0 fully saturated rings. The first kappa shape index (κ1) is 15.2. The van der Waals surface area contributed by atoms with Gasteiger partial charge in [0.2, 0.25) is 0 Å². The number of hydrogen-bond acceptors (Lipinski definition) is 3. The van der Waals surface area contributed by atoms with E-state index in [1.54, 1.807) is 6.08 Å². The molecule has 0 spiro atoms. The molecule has 1 aromatic rings. The first-order chi connectivity index (χ1) is 9.13. The lowest BCUT2D eigenvalue weighted by atomic mass is 10.0. The maximum atomic E-state index is 11.1. The molecule has 0 aliphatic rings. The van der Waals surface area contributed by atoms with Gasteiger partial charge in [-0.3, -0.25) is 4.79 Å². The van der Waals surface area contributed by atoms with Crippen molar-refractivity contribution in [3.8, 4) is 5.75 Å². The Morgan fingerprint density at radius 1 is 1.42 bits per heavy atom. The van der Waals surface area contributed by atoms with Gasteiger partial charge in [0, 0.05) is 0 Å². The SMILES string of the molecule is C=C/C=C/CCOc1ccc(CC(N)C(C)=O)cc1. The van der Waals surface area contributed by atoms with Crippen molar-refractivity contribution in [3.05, 3.63) is 54.6 Å². The second-order valence-electron chi connectivity index (χ2n) is 4.37. The predicted molar refractivity (Wildman–Crippen MR) is 78.3 cm³/mol. The Labute approximate surface area is 114 Å². The van der Waals surface area contributed by atoms with Crippen LogP contribution in [0.2, 0.25) is 0 Å². The van der Waals surface area contributed by atoms with Gasteiger partial charge in [0.1, 0.15) is 11.5 Å². The molecule has 2 N–H and O–H groups in total. The average molecular weight is 259 g/mol. The van der Waals surface area contributed by atoms with Gasteiger partial charge < -0.3 is 10.5 Å². The standard InChI is InChI=1S/C16H21NO2/c1-3-4-5-6-11-19-15-9-7-14(8-10-15)12-16(17)13(2)18/h3-5,7-10,16H,1,6,11-12,17H2,2H3/b5-4+. The third-order valence-electron chi connectivity index (χ3n) is 2.73. The van der Waals surface area contributed by atoms with E-state index in [1.807, 2.05) is 36.4 Å². The van der Waals surface area contributed by atoms with Crippen LogP contribution in [0, 0.1) is 0 Å². The van der Waals surface area contributed by atoms with Gasteiger partial charge in [-0.2, -0.15) is 0 Å². The summed E-state index contributed by atoms with van der Waals surface area (Å²) >= 11 is 0. The van der Waals surface area contributed by atoms with E-state index in [0.717, 1.165) is 17.7 Å². The second-order valence-corrected chi connectivity index (χ2v) is 4.37. The second kappa shape index (κ2) is 8.27. The molecule has 1 aromatic carbocycles. The molecule has 0 aromatic heterocycles. The minimum absolute atomic E-state index is 0.00864. The average Bonchev–Trinajstić information content (AvgIpc) is 2.40. The van der Waals surface area contributed by atoms with Crippen LogP contribution in [-0.4, -0.2) is 18.4 Å². The summed E-state index contributed by atoms with van der Waals surface area (Å²) in [5.74, 6) is 0.835. The Morgan fingerprint density at radius 2 is 2.11 bits per heavy atom. The smallest absolute Gasteiger partial charge is 0.146 e. The summed E-state index contributed by atoms with van der Waals surface area (Å²) in [5.41, 5.74) is 6.76. The summed E-state index contributed by atoms with van der Waals surface area (Å²) in [7, 11) is 0. The predicted octanol–water partition coefficient (Wildman–Crippen LogP) is 2.66. The highest BCUT2D eigenvalue weighted by molar-refractivity contribution is 5.81. The van der Waals surface area contributed by atoms with Crippen LogP contribution in [0.3, 0.4) is 0 Å². The maximum Gasteiger partial charge on any atom is 0.146 e. The Balaban J connectivity index is 2.41. The van der Waals surface area contributed by atoms with Gasteiger partial charge >= 0.3 is 0 Å². The lowest BCUT2D eigenvalue weighted by molar-refractivity contribution is -0.118. The molecule has 0 amide bonds. The molecule has 3 nitrogen and oxygen atoms in total. The molecular weight excluding hydrogens is 238 g/mol. The third kappa shape index (κ3) is 6.02. The molecule has 0 saturated carbocycles. The fourth-order valence-corrected chi connectivity index (χ4v) is 1.56. The lowest BCUT2D eigenvalue weighted by Gasteiger charge is -2.09. The first-order valence-electron chi connectivity index (χ1n) is 6.39. The van der Waals surface area contributed by atoms with Gasteiger partial charge in [-0.15, -0.1) is 0 Å². The van der Waals surface area contributed by atoms with Crippen LogP contribution in [0.15, 0.2) is 49.1 Å². The minimum Gasteiger partial charge on any atom is -0.493 e. The van der Waals surface area contributed by atoms with Gasteiger partial charge in [0.05, 0.1) is 12.6 Å². The van der Waals surface area contributed by atoms with Crippen molar-refractivity contribution in [2.24, 2.45) is 5.73 Å². The number of hydrogen-bond donors (Lipinski definition) is 1. The van der Waals surface area contributed by atoms with Crippen LogP contribution in [0.25, 0.3) is 0 Å². The van der Waals surface area contributed by atoms with Gasteiger partial charge in [-0.25, -0.2) is 0 Å². The summed E-state index contributed by atoms with van der Waals surface area (Å²) < 4.78 is 5.58. The highest BCUT2D eigenvalue weighted by Gasteiger charge is 2.08. The molecule has 0 saturated heterocycles. The van der Waals surface area contributed by atoms with E-state index < -0.39 is 6.04 Å². The number of Topliss-reactive ketones (excluding diaryl/α,β-unsaturated/α-hetero) is 1. The number of carbonyl (C=O) groups is 1. The Kier molecular flexibility index (Phi) is 6.61. The zero-order chi connectivity index (χ0) is 14.1. The molecule has 1 atom stereocenters. The van der Waals surface area contributed by atoms with Crippen molar-refractivity contribution in [2.75, 3.05) is 6.61 Å². The molecule has 1 rings (SSSR count). The monoisotopic (exact) mass is 259 g/mol. The molecule has 0 aliphatic heterocycles. The normalized spacial score (nSPS) is 12.3. The van der Waals surface area contributed by atoms with Crippen molar-refractivity contribution < 1.29 is 9.53 Å². The van der Waals surface area contributed by atoms with E-state index in [9.17, 15) is 4.79 Å². The van der Waals surface area contributed by atoms with Crippen LogP contribution >= 0.6 is 0 Å². The summed E-state index contributed by atoms with van der Waals surface area (Å²) in [4.78, 5) is 11.1. The molecule has 1 unspecified atom stereocenters. The van der Waals surface area contributed by atoms with E-state index in [-0.39, 0.29) is 5.78 Å². The van der Waals surface area contributed by atoms with Crippen molar-refractivity contribution in [2.45, 2.75) is 25.8 Å². The Morgan fingerprint density at radius 3 is 2.68 bits per heavy atom. The van der Waals surface area contributed by atoms with E-state index in [1.165, 1.54) is 6.92 Å². The molecule has 3 heteroatoms. The van der Waals surface area contributed by atoms with Crippen LogP contribution < -0.4 is 10.5 Å². The molecule has 0 radical (unpaired) electrons. The van der Waals surface area contributed by atoms with Crippen LogP contribution in [0.5, 0.6) is 5.75 Å². The molecule has 0 aliphatic carbocycles. The highest BCUT2D eigenvalue weighted by Crippen LogP contribution is 2.13. The Hall–Kier alpha value is -1.87. The number of carbonyl (C=O) groups excluding carboxylic acids is 1. The zero-order valence-electron chi connectivity index (χ0n) is 11.3. The maximum absolute atomic E-state index is 11.1. The first-order valence-corrected chi connectivity index (χ1v) is 6.39. The number of ketones is 1. The quantitative estimate of drug-likeness (QED) is 0.577. The van der Waals surface area contributed by atoms with E-state index in [4.69, 9.17) is 10.5 Å². The number of rotatable bonds is 8. The fourth-order valence-electron chi connectivity index (χ4n) is 1.56. The topological polar surface area (TPSA) is 52.3 Å². The highest BCUT2D eigenvalue weighted by atomic mass is 16.5. The third-order valence-corrected chi connectivity index (χ3v) is 2.73. The summed E-state index contributed by atoms with van der Waals surface area (Å²) in [6.07, 6.45) is 7.07.